The van der Waals surface area contributed by atoms with E-state index in [2.05, 4.69) is 10.6 Å². The predicted octanol–water partition coefficient (Wildman–Crippen LogP) is 4.80. The number of urea groups is 1. The smallest absolute Gasteiger partial charge is 0.319 e. The number of carbonyl (C=O) groups excluding carboxylic acids is 2. The molecule has 0 radical (unpaired) electrons. The van der Waals surface area contributed by atoms with Gasteiger partial charge in [0.2, 0.25) is 0 Å². The number of hydrogen-bond acceptors (Lipinski definition) is 5. The molecule has 3 aromatic carbocycles. The van der Waals surface area contributed by atoms with Crippen LogP contribution in [0, 0.1) is 0 Å². The fraction of sp³-hybridized carbons (Fsp3) is 0.200. The van der Waals surface area contributed by atoms with Crippen LogP contribution in [-0.2, 0) is 6.54 Å². The molecule has 8 heteroatoms. The first-order valence-electron chi connectivity index (χ1n) is 10.5. The van der Waals surface area contributed by atoms with Crippen molar-refractivity contribution >= 4 is 23.3 Å². The predicted molar refractivity (Wildman–Crippen MR) is 126 cm³/mol. The molecule has 0 fully saturated rings. The lowest BCUT2D eigenvalue weighted by molar-refractivity contribution is 0.0988. The van der Waals surface area contributed by atoms with Crippen molar-refractivity contribution in [3.63, 3.8) is 0 Å². The van der Waals surface area contributed by atoms with E-state index in [0.29, 0.717) is 46.5 Å². The lowest BCUT2D eigenvalue weighted by Crippen LogP contribution is -2.30. The second-order valence-corrected chi connectivity index (χ2v) is 7.33. The number of carbonyl (C=O) groups is 2. The van der Waals surface area contributed by atoms with Crippen LogP contribution in [0.2, 0.25) is 0 Å². The average molecular weight is 447 g/mol. The van der Waals surface area contributed by atoms with Crippen molar-refractivity contribution in [1.29, 1.82) is 0 Å². The van der Waals surface area contributed by atoms with Gasteiger partial charge >= 0.3 is 6.03 Å². The molecule has 0 saturated carbocycles. The third kappa shape index (κ3) is 4.55. The van der Waals surface area contributed by atoms with Gasteiger partial charge in [-0.25, -0.2) is 4.79 Å². The molecule has 0 bridgehead atoms. The molecule has 2 N–H and O–H groups in total. The minimum Gasteiger partial charge on any atom is -0.493 e. The normalized spacial score (nSPS) is 12.1. The van der Waals surface area contributed by atoms with Gasteiger partial charge in [-0.1, -0.05) is 18.2 Å². The Balaban J connectivity index is 1.48. The summed E-state index contributed by atoms with van der Waals surface area (Å²) in [4.78, 5) is 27.3. The molecule has 1 aliphatic heterocycles. The van der Waals surface area contributed by atoms with Gasteiger partial charge in [0.15, 0.2) is 17.2 Å². The van der Waals surface area contributed by atoms with Crippen molar-refractivity contribution in [2.45, 2.75) is 13.5 Å². The van der Waals surface area contributed by atoms with Crippen molar-refractivity contribution in [2.24, 2.45) is 0 Å². The molecule has 33 heavy (non-hydrogen) atoms. The number of nitrogens with zero attached hydrogens (tertiary/aromatic N) is 1. The van der Waals surface area contributed by atoms with Crippen LogP contribution in [-0.4, -0.2) is 32.7 Å². The average Bonchev–Trinajstić information content (AvgIpc) is 2.96. The largest absolute Gasteiger partial charge is 0.493 e. The highest BCUT2D eigenvalue weighted by Gasteiger charge is 2.27. The molecule has 0 atom stereocenters. The summed E-state index contributed by atoms with van der Waals surface area (Å²) in [7, 11) is 3.13. The Labute approximate surface area is 192 Å². The van der Waals surface area contributed by atoms with Gasteiger partial charge in [0.1, 0.15) is 5.75 Å². The molecule has 1 heterocycles. The number of ether oxygens (including phenoxy) is 3. The van der Waals surface area contributed by atoms with Gasteiger partial charge in [0, 0.05) is 18.8 Å². The fourth-order valence-corrected chi connectivity index (χ4v) is 3.67. The summed E-state index contributed by atoms with van der Waals surface area (Å²) in [5.74, 6) is 2.07. The first-order chi connectivity index (χ1) is 16.0. The number of methoxy groups -OCH3 is 2. The van der Waals surface area contributed by atoms with Crippen molar-refractivity contribution in [3.8, 4) is 23.0 Å². The number of fused-ring (bicyclic) bond motifs is 2. The molecule has 0 unspecified atom stereocenters. The molecule has 1 aliphatic rings. The zero-order chi connectivity index (χ0) is 23.4. The Bertz CT molecular complexity index is 1190. The van der Waals surface area contributed by atoms with E-state index in [-0.39, 0.29) is 12.5 Å². The van der Waals surface area contributed by atoms with E-state index in [9.17, 15) is 9.59 Å². The summed E-state index contributed by atoms with van der Waals surface area (Å²) in [6, 6.07) is 17.4. The number of benzene rings is 3. The quantitative estimate of drug-likeness (QED) is 0.567. The Morgan fingerprint density at radius 3 is 2.52 bits per heavy atom. The molecule has 0 saturated heterocycles. The van der Waals surface area contributed by atoms with Crippen LogP contribution in [0.4, 0.5) is 16.2 Å². The van der Waals surface area contributed by atoms with Crippen molar-refractivity contribution < 1.29 is 23.8 Å². The summed E-state index contributed by atoms with van der Waals surface area (Å²) >= 11 is 0. The molecule has 170 valence electrons. The van der Waals surface area contributed by atoms with E-state index in [1.165, 1.54) is 0 Å². The van der Waals surface area contributed by atoms with Crippen LogP contribution in [0.1, 0.15) is 22.8 Å². The lowest BCUT2D eigenvalue weighted by atomic mass is 10.1. The highest BCUT2D eigenvalue weighted by Crippen LogP contribution is 2.39. The van der Waals surface area contributed by atoms with E-state index in [4.69, 9.17) is 14.2 Å². The van der Waals surface area contributed by atoms with Crippen LogP contribution in [0.25, 0.3) is 0 Å². The van der Waals surface area contributed by atoms with Crippen molar-refractivity contribution in [1.82, 2.24) is 5.32 Å². The number of anilines is 2. The zero-order valence-electron chi connectivity index (χ0n) is 18.7. The summed E-state index contributed by atoms with van der Waals surface area (Å²) in [5, 5.41) is 5.58. The number of rotatable bonds is 6. The third-order valence-corrected chi connectivity index (χ3v) is 5.31. The number of hydrogen-bond donors (Lipinski definition) is 2. The monoisotopic (exact) mass is 447 g/mol. The highest BCUT2D eigenvalue weighted by molar-refractivity contribution is 6.10. The molecule has 0 aromatic heterocycles. The van der Waals surface area contributed by atoms with Gasteiger partial charge in [-0.15, -0.1) is 0 Å². The summed E-state index contributed by atoms with van der Waals surface area (Å²) in [5.41, 5.74) is 2.43. The minimum atomic E-state index is -0.401. The van der Waals surface area contributed by atoms with Gasteiger partial charge in [-0.3, -0.25) is 4.79 Å². The van der Waals surface area contributed by atoms with Crippen LogP contribution in [0.3, 0.4) is 0 Å². The van der Waals surface area contributed by atoms with Crippen molar-refractivity contribution in [2.75, 3.05) is 31.0 Å². The zero-order valence-corrected chi connectivity index (χ0v) is 18.7. The van der Waals surface area contributed by atoms with E-state index < -0.39 is 6.03 Å². The maximum absolute atomic E-state index is 13.2. The van der Waals surface area contributed by atoms with E-state index >= 15 is 0 Å². The standard InChI is InChI=1S/C25H25N3O5/c1-4-28-19-7-5-6-8-21(19)33-20-12-10-17(14-18(20)24(28)29)27-25(30)26-15-16-9-11-22(31-2)23(13-16)32-3/h5-14H,4,15H2,1-3H3,(H2,26,27,30). The van der Waals surface area contributed by atoms with E-state index in [1.54, 1.807) is 49.5 Å². The third-order valence-electron chi connectivity index (χ3n) is 5.31. The second kappa shape index (κ2) is 9.52. The summed E-state index contributed by atoms with van der Waals surface area (Å²) < 4.78 is 16.5. The van der Waals surface area contributed by atoms with Crippen LogP contribution < -0.4 is 29.7 Å². The SMILES string of the molecule is CCN1C(=O)c2cc(NC(=O)NCc3ccc(OC)c(OC)c3)ccc2Oc2ccccc21. The van der Waals surface area contributed by atoms with Crippen molar-refractivity contribution in [3.05, 3.63) is 71.8 Å². The fourth-order valence-electron chi connectivity index (χ4n) is 3.67. The van der Waals surface area contributed by atoms with Gasteiger partial charge in [-0.05, 0) is 55.0 Å². The highest BCUT2D eigenvalue weighted by atomic mass is 16.5. The van der Waals surface area contributed by atoms with Crippen LogP contribution in [0.15, 0.2) is 60.7 Å². The molecule has 8 nitrogen and oxygen atoms in total. The topological polar surface area (TPSA) is 89.1 Å². The molecule has 3 aromatic rings. The Hall–Kier alpha value is -4.20. The Kier molecular flexibility index (Phi) is 6.35. The maximum Gasteiger partial charge on any atom is 0.319 e. The van der Waals surface area contributed by atoms with E-state index in [0.717, 1.165) is 5.56 Å². The van der Waals surface area contributed by atoms with Crippen LogP contribution in [0.5, 0.6) is 23.0 Å². The summed E-state index contributed by atoms with van der Waals surface area (Å²) in [6.45, 7) is 2.68. The lowest BCUT2D eigenvalue weighted by Gasteiger charge is -2.19. The van der Waals surface area contributed by atoms with E-state index in [1.807, 2.05) is 37.3 Å². The molecule has 0 aliphatic carbocycles. The molecule has 4 rings (SSSR count). The minimum absolute atomic E-state index is 0.188. The number of amides is 3. The van der Waals surface area contributed by atoms with Gasteiger partial charge in [-0.2, -0.15) is 0 Å². The maximum atomic E-state index is 13.2. The molecule has 3 amide bonds. The molecule has 0 spiro atoms. The molecular formula is C25H25N3O5. The Morgan fingerprint density at radius 1 is 0.970 bits per heavy atom. The van der Waals surface area contributed by atoms with Gasteiger partial charge in [0.25, 0.3) is 5.91 Å². The number of nitrogens with one attached hydrogen (secondary N) is 2. The first kappa shape index (κ1) is 22.0. The second-order valence-electron chi connectivity index (χ2n) is 7.33. The molecular weight excluding hydrogens is 422 g/mol. The van der Waals surface area contributed by atoms with Crippen LogP contribution >= 0.6 is 0 Å². The number of para-hydroxylation sites is 2. The summed E-state index contributed by atoms with van der Waals surface area (Å²) in [6.07, 6.45) is 0. The Morgan fingerprint density at radius 2 is 1.76 bits per heavy atom. The van der Waals surface area contributed by atoms with Gasteiger partial charge in [0.05, 0.1) is 25.5 Å². The van der Waals surface area contributed by atoms with Gasteiger partial charge < -0.3 is 29.7 Å². The first-order valence-corrected chi connectivity index (χ1v) is 10.5.